The zero-order valence-corrected chi connectivity index (χ0v) is 14.2. The summed E-state index contributed by atoms with van der Waals surface area (Å²) in [5.41, 5.74) is 2.57. The maximum absolute atomic E-state index is 12.8. The van der Waals surface area contributed by atoms with E-state index in [0.29, 0.717) is 12.2 Å². The number of nitrogens with zero attached hydrogens (tertiary/aromatic N) is 1. The highest BCUT2D eigenvalue weighted by Gasteiger charge is 2.33. The maximum atomic E-state index is 12.8. The molecule has 1 aromatic carbocycles. The number of urea groups is 1. The molecule has 3 unspecified atom stereocenters. The van der Waals surface area contributed by atoms with Gasteiger partial charge in [-0.25, -0.2) is 4.79 Å². The van der Waals surface area contributed by atoms with Gasteiger partial charge in [-0.1, -0.05) is 24.3 Å². The van der Waals surface area contributed by atoms with Gasteiger partial charge in [-0.15, -0.1) is 0 Å². The minimum Gasteiger partial charge on any atom is -0.467 e. The van der Waals surface area contributed by atoms with Crippen molar-refractivity contribution in [2.24, 2.45) is 0 Å². The predicted octanol–water partition coefficient (Wildman–Crippen LogP) is 3.56. The average Bonchev–Trinajstić information content (AvgIpc) is 3.36. The molecule has 2 heterocycles. The summed E-state index contributed by atoms with van der Waals surface area (Å²) in [5.74, 6) is 0.567. The van der Waals surface area contributed by atoms with Crippen LogP contribution in [0.5, 0.6) is 0 Å². The van der Waals surface area contributed by atoms with Gasteiger partial charge in [-0.05, 0) is 48.9 Å². The summed E-state index contributed by atoms with van der Waals surface area (Å²) in [6.45, 7) is 0.746. The lowest BCUT2D eigenvalue weighted by atomic mass is 10.1. The monoisotopic (exact) mass is 340 g/mol. The van der Waals surface area contributed by atoms with E-state index < -0.39 is 6.10 Å². The highest BCUT2D eigenvalue weighted by Crippen LogP contribution is 2.32. The molecule has 5 nitrogen and oxygen atoms in total. The first-order valence-electron chi connectivity index (χ1n) is 9.09. The van der Waals surface area contributed by atoms with Crippen LogP contribution in [0.4, 0.5) is 4.79 Å². The largest absolute Gasteiger partial charge is 0.467 e. The summed E-state index contributed by atoms with van der Waals surface area (Å²) in [6, 6.07) is 12.0. The van der Waals surface area contributed by atoms with Crippen molar-refractivity contribution < 1.29 is 14.3 Å². The Hall–Kier alpha value is -2.27. The number of hydrogen-bond donors (Lipinski definition) is 2. The summed E-state index contributed by atoms with van der Waals surface area (Å²) in [6.07, 6.45) is 5.29. The van der Waals surface area contributed by atoms with Gasteiger partial charge in [0.1, 0.15) is 11.9 Å². The number of likely N-dealkylation sites (tertiary alicyclic amines) is 1. The van der Waals surface area contributed by atoms with E-state index in [0.717, 1.165) is 32.2 Å². The van der Waals surface area contributed by atoms with E-state index in [4.69, 9.17) is 4.42 Å². The molecule has 0 saturated carbocycles. The Morgan fingerprint density at radius 3 is 3.00 bits per heavy atom. The minimum absolute atomic E-state index is 0.0177. The third-order valence-electron chi connectivity index (χ3n) is 5.44. The molecule has 1 aromatic heterocycles. The number of hydrogen-bond acceptors (Lipinski definition) is 3. The van der Waals surface area contributed by atoms with Crippen molar-refractivity contribution in [2.75, 3.05) is 6.54 Å². The Labute approximate surface area is 147 Å². The summed E-state index contributed by atoms with van der Waals surface area (Å²) < 4.78 is 5.28. The first-order chi connectivity index (χ1) is 12.2. The molecule has 0 radical (unpaired) electrons. The van der Waals surface area contributed by atoms with E-state index in [-0.39, 0.29) is 18.1 Å². The molecule has 5 heteroatoms. The van der Waals surface area contributed by atoms with Gasteiger partial charge < -0.3 is 19.7 Å². The Kier molecular flexibility index (Phi) is 4.49. The standard InChI is InChI=1S/C20H24N2O3/c23-18(19-8-4-12-25-19)13-15-6-3-11-22(15)20(24)21-17-10-9-14-5-1-2-7-16(14)17/h1-2,4-5,7-8,12,15,17-18,23H,3,6,9-11,13H2,(H,21,24). The van der Waals surface area contributed by atoms with Crippen LogP contribution in [-0.4, -0.2) is 28.6 Å². The summed E-state index contributed by atoms with van der Waals surface area (Å²) in [4.78, 5) is 14.7. The van der Waals surface area contributed by atoms with Gasteiger partial charge in [0.2, 0.25) is 0 Å². The van der Waals surface area contributed by atoms with Crippen LogP contribution in [0.25, 0.3) is 0 Å². The SMILES string of the molecule is O=C(NC1CCc2ccccc21)N1CCCC1CC(O)c1ccco1. The Bertz CT molecular complexity index is 728. The summed E-state index contributed by atoms with van der Waals surface area (Å²) in [7, 11) is 0. The molecule has 1 saturated heterocycles. The molecule has 0 spiro atoms. The molecule has 1 aliphatic carbocycles. The van der Waals surface area contributed by atoms with Crippen molar-refractivity contribution in [3.63, 3.8) is 0 Å². The number of carbonyl (C=O) groups excluding carboxylic acids is 1. The second kappa shape index (κ2) is 6.92. The second-order valence-corrected chi connectivity index (χ2v) is 7.00. The minimum atomic E-state index is -0.666. The molecule has 132 valence electrons. The number of aliphatic hydroxyl groups is 1. The molecular formula is C20H24N2O3. The molecule has 3 atom stereocenters. The van der Waals surface area contributed by atoms with Crippen LogP contribution in [0.3, 0.4) is 0 Å². The fourth-order valence-corrected chi connectivity index (χ4v) is 4.14. The lowest BCUT2D eigenvalue weighted by molar-refractivity contribution is 0.107. The van der Waals surface area contributed by atoms with Crippen LogP contribution in [0.2, 0.25) is 0 Å². The zero-order valence-electron chi connectivity index (χ0n) is 14.2. The molecule has 2 amide bonds. The molecule has 1 fully saturated rings. The van der Waals surface area contributed by atoms with Crippen molar-refractivity contribution >= 4 is 6.03 Å². The van der Waals surface area contributed by atoms with Crippen LogP contribution >= 0.6 is 0 Å². The normalized spacial score (nSPS) is 23.5. The molecule has 2 N–H and O–H groups in total. The molecule has 2 aromatic rings. The third-order valence-corrected chi connectivity index (χ3v) is 5.44. The fraction of sp³-hybridized carbons (Fsp3) is 0.450. The molecule has 2 aliphatic rings. The van der Waals surface area contributed by atoms with Crippen LogP contribution in [0.1, 0.15) is 54.7 Å². The van der Waals surface area contributed by atoms with E-state index in [1.165, 1.54) is 11.1 Å². The zero-order chi connectivity index (χ0) is 17.2. The summed E-state index contributed by atoms with van der Waals surface area (Å²) >= 11 is 0. The quantitative estimate of drug-likeness (QED) is 0.894. The van der Waals surface area contributed by atoms with E-state index in [1.807, 2.05) is 11.0 Å². The van der Waals surface area contributed by atoms with Crippen LogP contribution in [-0.2, 0) is 6.42 Å². The average molecular weight is 340 g/mol. The highest BCUT2D eigenvalue weighted by atomic mass is 16.4. The van der Waals surface area contributed by atoms with Gasteiger partial charge in [0.15, 0.2) is 0 Å². The molecule has 0 bridgehead atoms. The van der Waals surface area contributed by atoms with Crippen LogP contribution < -0.4 is 5.32 Å². The number of fused-ring (bicyclic) bond motifs is 1. The van der Waals surface area contributed by atoms with E-state index >= 15 is 0 Å². The molecule has 4 rings (SSSR count). The van der Waals surface area contributed by atoms with Crippen LogP contribution in [0.15, 0.2) is 47.1 Å². The number of rotatable bonds is 4. The third kappa shape index (κ3) is 3.29. The Morgan fingerprint density at radius 1 is 1.28 bits per heavy atom. The van der Waals surface area contributed by atoms with Crippen molar-refractivity contribution in [2.45, 2.75) is 50.3 Å². The highest BCUT2D eigenvalue weighted by molar-refractivity contribution is 5.75. The van der Waals surface area contributed by atoms with Gasteiger partial charge in [0.05, 0.1) is 12.3 Å². The van der Waals surface area contributed by atoms with Gasteiger partial charge in [-0.3, -0.25) is 0 Å². The van der Waals surface area contributed by atoms with Crippen molar-refractivity contribution in [3.05, 3.63) is 59.5 Å². The number of benzene rings is 1. The number of amides is 2. The number of aliphatic hydroxyl groups excluding tert-OH is 1. The second-order valence-electron chi connectivity index (χ2n) is 7.00. The predicted molar refractivity (Wildman–Crippen MR) is 94.0 cm³/mol. The number of aryl methyl sites for hydroxylation is 1. The lowest BCUT2D eigenvalue weighted by Gasteiger charge is -2.28. The van der Waals surface area contributed by atoms with E-state index in [9.17, 15) is 9.90 Å². The Balaban J connectivity index is 1.39. The van der Waals surface area contributed by atoms with E-state index in [1.54, 1.807) is 18.4 Å². The van der Waals surface area contributed by atoms with Crippen molar-refractivity contribution in [1.82, 2.24) is 10.2 Å². The van der Waals surface area contributed by atoms with Gasteiger partial charge in [-0.2, -0.15) is 0 Å². The van der Waals surface area contributed by atoms with Crippen LogP contribution in [0, 0.1) is 0 Å². The number of furan rings is 1. The smallest absolute Gasteiger partial charge is 0.318 e. The number of nitrogens with one attached hydrogen (secondary N) is 1. The number of carbonyl (C=O) groups is 1. The molecular weight excluding hydrogens is 316 g/mol. The van der Waals surface area contributed by atoms with Crippen molar-refractivity contribution in [1.29, 1.82) is 0 Å². The summed E-state index contributed by atoms with van der Waals surface area (Å²) in [5, 5.41) is 13.5. The fourth-order valence-electron chi connectivity index (χ4n) is 4.14. The Morgan fingerprint density at radius 2 is 2.16 bits per heavy atom. The first-order valence-corrected chi connectivity index (χ1v) is 9.09. The van der Waals surface area contributed by atoms with E-state index in [2.05, 4.69) is 23.5 Å². The van der Waals surface area contributed by atoms with Gasteiger partial charge in [0, 0.05) is 19.0 Å². The molecule has 1 aliphatic heterocycles. The first kappa shape index (κ1) is 16.2. The lowest BCUT2D eigenvalue weighted by Crippen LogP contribution is -2.44. The topological polar surface area (TPSA) is 65.7 Å². The molecule has 25 heavy (non-hydrogen) atoms. The van der Waals surface area contributed by atoms with Gasteiger partial charge >= 0.3 is 6.03 Å². The van der Waals surface area contributed by atoms with Crippen molar-refractivity contribution in [3.8, 4) is 0 Å². The maximum Gasteiger partial charge on any atom is 0.318 e. The van der Waals surface area contributed by atoms with Gasteiger partial charge in [0.25, 0.3) is 0 Å².